The number of fused-ring (bicyclic) bond motifs is 1. The molecule has 1 N–H and O–H groups in total. The zero-order valence-electron chi connectivity index (χ0n) is 12.4. The third-order valence-corrected chi connectivity index (χ3v) is 4.86. The smallest absolute Gasteiger partial charge is 0.0729 e. The van der Waals surface area contributed by atoms with E-state index in [4.69, 9.17) is 5.10 Å². The Labute approximate surface area is 120 Å². The van der Waals surface area contributed by atoms with Gasteiger partial charge in [0, 0.05) is 18.4 Å². The van der Waals surface area contributed by atoms with Crippen LogP contribution in [0.4, 0.5) is 0 Å². The Bertz CT molecular complexity index is 590. The molecule has 2 aromatic rings. The molecule has 0 amide bonds. The molecule has 0 saturated heterocycles. The number of benzene rings is 1. The highest BCUT2D eigenvalue weighted by atomic mass is 16.3. The third kappa shape index (κ3) is 2.35. The number of aryl methyl sites for hydroxylation is 1. The molecule has 1 aromatic heterocycles. The van der Waals surface area contributed by atoms with Crippen LogP contribution < -0.4 is 0 Å². The first-order chi connectivity index (χ1) is 9.70. The van der Waals surface area contributed by atoms with Crippen LogP contribution in [0.25, 0.3) is 10.9 Å². The number of aliphatic hydroxyl groups is 1. The lowest BCUT2D eigenvalue weighted by Gasteiger charge is -2.21. The molecule has 0 radical (unpaired) electrons. The molecule has 1 aliphatic rings. The lowest BCUT2D eigenvalue weighted by molar-refractivity contribution is 0.0894. The monoisotopic (exact) mass is 272 g/mol. The summed E-state index contributed by atoms with van der Waals surface area (Å²) in [6.07, 6.45) is 4.10. The number of hydrogen-bond donors (Lipinski definition) is 1. The number of nitrogens with zero attached hydrogens (tertiary/aromatic N) is 2. The fraction of sp³-hybridized carbons (Fsp3) is 0.588. The van der Waals surface area contributed by atoms with E-state index < -0.39 is 0 Å². The van der Waals surface area contributed by atoms with Gasteiger partial charge in [-0.05, 0) is 31.2 Å². The van der Waals surface area contributed by atoms with Crippen molar-refractivity contribution in [1.29, 1.82) is 0 Å². The van der Waals surface area contributed by atoms with Gasteiger partial charge in [-0.2, -0.15) is 5.10 Å². The van der Waals surface area contributed by atoms with Crippen molar-refractivity contribution in [2.24, 2.45) is 11.8 Å². The van der Waals surface area contributed by atoms with Crippen LogP contribution >= 0.6 is 0 Å². The molecule has 3 unspecified atom stereocenters. The zero-order valence-corrected chi connectivity index (χ0v) is 12.4. The van der Waals surface area contributed by atoms with Crippen LogP contribution in [0.15, 0.2) is 24.3 Å². The fourth-order valence-electron chi connectivity index (χ4n) is 3.68. The van der Waals surface area contributed by atoms with Gasteiger partial charge < -0.3 is 5.11 Å². The Balaban J connectivity index is 1.87. The highest BCUT2D eigenvalue weighted by Crippen LogP contribution is 2.35. The maximum atomic E-state index is 10.6. The number of hydrogen-bond acceptors (Lipinski definition) is 2. The van der Waals surface area contributed by atoms with Crippen molar-refractivity contribution >= 4 is 10.9 Å². The van der Waals surface area contributed by atoms with E-state index in [0.29, 0.717) is 18.3 Å². The summed E-state index contributed by atoms with van der Waals surface area (Å²) >= 11 is 0. The summed E-state index contributed by atoms with van der Waals surface area (Å²) in [6, 6.07) is 8.34. The van der Waals surface area contributed by atoms with Crippen molar-refractivity contribution < 1.29 is 5.11 Å². The summed E-state index contributed by atoms with van der Waals surface area (Å²) in [7, 11) is 0. The molecule has 3 heteroatoms. The first-order valence-corrected chi connectivity index (χ1v) is 7.83. The number of rotatable bonds is 4. The molecule has 0 aliphatic heterocycles. The van der Waals surface area contributed by atoms with E-state index in [2.05, 4.69) is 38.1 Å². The Morgan fingerprint density at radius 1 is 1.35 bits per heavy atom. The first kappa shape index (κ1) is 13.6. The second-order valence-electron chi connectivity index (χ2n) is 6.12. The lowest BCUT2D eigenvalue weighted by Crippen LogP contribution is -2.25. The van der Waals surface area contributed by atoms with Gasteiger partial charge in [0.25, 0.3) is 0 Å². The molecule has 20 heavy (non-hydrogen) atoms. The SMILES string of the molecule is CCn1nc(CC(O)C2CCCC2C)c2ccccc21. The molecule has 1 fully saturated rings. The largest absolute Gasteiger partial charge is 0.392 e. The average Bonchev–Trinajstić information content (AvgIpc) is 3.03. The van der Waals surface area contributed by atoms with Gasteiger partial charge in [-0.15, -0.1) is 0 Å². The van der Waals surface area contributed by atoms with Crippen molar-refractivity contribution in [3.8, 4) is 0 Å². The summed E-state index contributed by atoms with van der Waals surface area (Å²) < 4.78 is 2.04. The molecule has 1 heterocycles. The number of para-hydroxylation sites is 1. The van der Waals surface area contributed by atoms with Gasteiger partial charge >= 0.3 is 0 Å². The Hall–Kier alpha value is -1.35. The predicted molar refractivity (Wildman–Crippen MR) is 81.6 cm³/mol. The Morgan fingerprint density at radius 3 is 2.85 bits per heavy atom. The molecule has 1 saturated carbocycles. The summed E-state index contributed by atoms with van der Waals surface area (Å²) in [6.45, 7) is 5.25. The second-order valence-corrected chi connectivity index (χ2v) is 6.12. The minimum absolute atomic E-state index is 0.254. The Kier molecular flexibility index (Phi) is 3.79. The summed E-state index contributed by atoms with van der Waals surface area (Å²) in [5.74, 6) is 1.09. The summed E-state index contributed by atoms with van der Waals surface area (Å²) in [4.78, 5) is 0. The highest BCUT2D eigenvalue weighted by Gasteiger charge is 2.30. The maximum Gasteiger partial charge on any atom is 0.0729 e. The van der Waals surface area contributed by atoms with Gasteiger partial charge in [0.2, 0.25) is 0 Å². The fourth-order valence-corrected chi connectivity index (χ4v) is 3.68. The van der Waals surface area contributed by atoms with Crippen molar-refractivity contribution in [1.82, 2.24) is 9.78 Å². The topological polar surface area (TPSA) is 38.0 Å². The second kappa shape index (κ2) is 5.57. The quantitative estimate of drug-likeness (QED) is 0.926. The molecule has 0 spiro atoms. The van der Waals surface area contributed by atoms with Crippen molar-refractivity contribution in [2.45, 2.75) is 52.2 Å². The molecule has 3 nitrogen and oxygen atoms in total. The van der Waals surface area contributed by atoms with Crippen LogP contribution in [0, 0.1) is 11.8 Å². The lowest BCUT2D eigenvalue weighted by atomic mass is 9.89. The standard InChI is InChI=1S/C17H24N2O/c1-3-19-16-10-5-4-8-14(16)15(18-19)11-17(20)13-9-6-7-12(13)2/h4-5,8,10,12-13,17,20H,3,6-7,9,11H2,1-2H3. The highest BCUT2D eigenvalue weighted by molar-refractivity contribution is 5.82. The molecular weight excluding hydrogens is 248 g/mol. The van der Waals surface area contributed by atoms with E-state index in [1.165, 1.54) is 23.7 Å². The summed E-state index contributed by atoms with van der Waals surface area (Å²) in [5.41, 5.74) is 2.23. The molecule has 0 bridgehead atoms. The molecule has 1 aliphatic carbocycles. The molecule has 3 rings (SSSR count). The van der Waals surface area contributed by atoms with E-state index in [1.54, 1.807) is 0 Å². The number of aromatic nitrogens is 2. The summed E-state index contributed by atoms with van der Waals surface area (Å²) in [5, 5.41) is 16.5. The van der Waals surface area contributed by atoms with Crippen LogP contribution in [-0.4, -0.2) is 21.0 Å². The molecule has 108 valence electrons. The van der Waals surface area contributed by atoms with E-state index >= 15 is 0 Å². The van der Waals surface area contributed by atoms with Crippen molar-refractivity contribution in [2.75, 3.05) is 0 Å². The van der Waals surface area contributed by atoms with E-state index in [1.807, 2.05) is 4.68 Å². The van der Waals surface area contributed by atoms with Crippen LogP contribution in [-0.2, 0) is 13.0 Å². The van der Waals surface area contributed by atoms with Gasteiger partial charge in [-0.25, -0.2) is 0 Å². The van der Waals surface area contributed by atoms with Crippen LogP contribution in [0.2, 0.25) is 0 Å². The van der Waals surface area contributed by atoms with Crippen LogP contribution in [0.1, 0.15) is 38.8 Å². The van der Waals surface area contributed by atoms with E-state index in [-0.39, 0.29) is 6.10 Å². The maximum absolute atomic E-state index is 10.6. The van der Waals surface area contributed by atoms with Crippen LogP contribution in [0.5, 0.6) is 0 Å². The van der Waals surface area contributed by atoms with Crippen molar-refractivity contribution in [3.63, 3.8) is 0 Å². The average molecular weight is 272 g/mol. The van der Waals surface area contributed by atoms with Gasteiger partial charge in [0.05, 0.1) is 17.3 Å². The van der Waals surface area contributed by atoms with Gasteiger partial charge in [-0.1, -0.05) is 38.0 Å². The molecule has 3 atom stereocenters. The van der Waals surface area contributed by atoms with Crippen LogP contribution in [0.3, 0.4) is 0 Å². The minimum Gasteiger partial charge on any atom is -0.392 e. The minimum atomic E-state index is -0.254. The van der Waals surface area contributed by atoms with Gasteiger partial charge in [0.15, 0.2) is 0 Å². The van der Waals surface area contributed by atoms with Gasteiger partial charge in [0.1, 0.15) is 0 Å². The molecule has 1 aromatic carbocycles. The van der Waals surface area contributed by atoms with E-state index in [9.17, 15) is 5.11 Å². The molecular formula is C17H24N2O. The zero-order chi connectivity index (χ0) is 14.1. The predicted octanol–water partition coefficient (Wildman–Crippen LogP) is 3.40. The third-order valence-electron chi connectivity index (χ3n) is 4.86. The number of aliphatic hydroxyl groups excluding tert-OH is 1. The first-order valence-electron chi connectivity index (χ1n) is 7.83. The normalized spacial score (nSPS) is 24.4. The van der Waals surface area contributed by atoms with Gasteiger partial charge in [-0.3, -0.25) is 4.68 Å². The Morgan fingerprint density at radius 2 is 2.15 bits per heavy atom. The van der Waals surface area contributed by atoms with Crippen molar-refractivity contribution in [3.05, 3.63) is 30.0 Å². The van der Waals surface area contributed by atoms with E-state index in [0.717, 1.165) is 18.7 Å².